The van der Waals surface area contributed by atoms with E-state index in [9.17, 15) is 9.59 Å². The van der Waals surface area contributed by atoms with Gasteiger partial charge in [-0.1, -0.05) is 5.16 Å². The van der Waals surface area contributed by atoms with Crippen molar-refractivity contribution in [3.63, 3.8) is 0 Å². The number of nitrogens with two attached hydrogens (primary N) is 1. The van der Waals surface area contributed by atoms with Crippen molar-refractivity contribution in [1.82, 2.24) is 15.4 Å². The second-order valence-corrected chi connectivity index (χ2v) is 6.60. The van der Waals surface area contributed by atoms with Crippen LogP contribution in [0.15, 0.2) is 10.6 Å². The molecule has 1 aromatic rings. The average molecular weight is 320 g/mol. The Bertz CT molecular complexity index is 582. The quantitative estimate of drug-likeness (QED) is 0.838. The number of nitrogens with zero attached hydrogens (tertiary/aromatic N) is 2. The summed E-state index contributed by atoms with van der Waals surface area (Å²) in [5.41, 5.74) is 5.77. The van der Waals surface area contributed by atoms with Crippen LogP contribution in [0.25, 0.3) is 0 Å². The van der Waals surface area contributed by atoms with Crippen LogP contribution in [0.5, 0.6) is 0 Å². The lowest BCUT2D eigenvalue weighted by Crippen LogP contribution is -2.49. The maximum atomic E-state index is 12.3. The molecule has 23 heavy (non-hydrogen) atoms. The van der Waals surface area contributed by atoms with Crippen LogP contribution in [-0.2, 0) is 4.79 Å². The van der Waals surface area contributed by atoms with Crippen molar-refractivity contribution in [3.8, 4) is 0 Å². The largest absolute Gasteiger partial charge is 0.360 e. The van der Waals surface area contributed by atoms with Crippen LogP contribution in [0.2, 0.25) is 0 Å². The normalized spacial score (nSPS) is 22.7. The lowest BCUT2D eigenvalue weighted by atomic mass is 9.91. The molecule has 3 rings (SSSR count). The number of hydrogen-bond acceptors (Lipinski definition) is 5. The van der Waals surface area contributed by atoms with E-state index in [1.807, 2.05) is 6.92 Å². The SMILES string of the molecule is CC(NC(=O)c1cc(C2CC2)on1)C1CCCN(C(=O)CN)C1. The van der Waals surface area contributed by atoms with Crippen LogP contribution in [0.1, 0.15) is 54.8 Å². The van der Waals surface area contributed by atoms with E-state index in [1.54, 1.807) is 11.0 Å². The average Bonchev–Trinajstić information content (AvgIpc) is 3.31. The fraction of sp³-hybridized carbons (Fsp3) is 0.688. The molecular formula is C16H24N4O3. The van der Waals surface area contributed by atoms with E-state index in [-0.39, 0.29) is 30.3 Å². The van der Waals surface area contributed by atoms with Gasteiger partial charge in [-0.3, -0.25) is 9.59 Å². The van der Waals surface area contributed by atoms with Gasteiger partial charge in [0.25, 0.3) is 5.91 Å². The molecule has 1 aromatic heterocycles. The van der Waals surface area contributed by atoms with E-state index in [1.165, 1.54) is 0 Å². The number of carbonyl (C=O) groups excluding carboxylic acids is 2. The number of rotatable bonds is 5. The van der Waals surface area contributed by atoms with E-state index in [2.05, 4.69) is 10.5 Å². The Hall–Kier alpha value is -1.89. The molecule has 7 heteroatoms. The van der Waals surface area contributed by atoms with Crippen LogP contribution < -0.4 is 11.1 Å². The molecule has 0 aromatic carbocycles. The van der Waals surface area contributed by atoms with Gasteiger partial charge in [0.1, 0.15) is 5.76 Å². The zero-order valence-corrected chi connectivity index (χ0v) is 13.5. The number of carbonyl (C=O) groups is 2. The van der Waals surface area contributed by atoms with Gasteiger partial charge in [0.15, 0.2) is 5.69 Å². The van der Waals surface area contributed by atoms with Gasteiger partial charge in [0.2, 0.25) is 5.91 Å². The molecule has 1 saturated carbocycles. The Labute approximate surface area is 135 Å². The number of amides is 2. The highest BCUT2D eigenvalue weighted by Crippen LogP contribution is 2.40. The fourth-order valence-electron chi connectivity index (χ4n) is 3.13. The van der Waals surface area contributed by atoms with Gasteiger partial charge >= 0.3 is 0 Å². The fourth-order valence-corrected chi connectivity index (χ4v) is 3.13. The third kappa shape index (κ3) is 3.72. The van der Waals surface area contributed by atoms with Crippen LogP contribution >= 0.6 is 0 Å². The second-order valence-electron chi connectivity index (χ2n) is 6.60. The van der Waals surface area contributed by atoms with E-state index < -0.39 is 0 Å². The van der Waals surface area contributed by atoms with Crippen LogP contribution in [-0.4, -0.2) is 47.5 Å². The molecule has 0 radical (unpaired) electrons. The summed E-state index contributed by atoms with van der Waals surface area (Å²) >= 11 is 0. The lowest BCUT2D eigenvalue weighted by molar-refractivity contribution is -0.131. The minimum absolute atomic E-state index is 0.0289. The van der Waals surface area contributed by atoms with E-state index in [0.29, 0.717) is 18.2 Å². The first-order valence-electron chi connectivity index (χ1n) is 8.33. The number of aromatic nitrogens is 1. The van der Waals surface area contributed by atoms with Crippen molar-refractivity contribution >= 4 is 11.8 Å². The number of hydrogen-bond donors (Lipinski definition) is 2. The van der Waals surface area contributed by atoms with Crippen LogP contribution in [0.3, 0.4) is 0 Å². The standard InChI is InChI=1S/C16H24N4O3/c1-10(12-3-2-6-20(9-12)15(21)8-17)18-16(22)13-7-14(23-19-13)11-4-5-11/h7,10-12H,2-6,8-9,17H2,1H3,(H,18,22). The molecule has 2 amide bonds. The zero-order chi connectivity index (χ0) is 16.4. The number of nitrogens with one attached hydrogen (secondary N) is 1. The Morgan fingerprint density at radius 1 is 1.48 bits per heavy atom. The van der Waals surface area contributed by atoms with Crippen molar-refractivity contribution in [2.45, 2.75) is 44.6 Å². The Morgan fingerprint density at radius 3 is 2.96 bits per heavy atom. The van der Waals surface area contributed by atoms with Gasteiger partial charge < -0.3 is 20.5 Å². The van der Waals surface area contributed by atoms with Crippen molar-refractivity contribution in [3.05, 3.63) is 17.5 Å². The van der Waals surface area contributed by atoms with Gasteiger partial charge in [0, 0.05) is 31.1 Å². The van der Waals surface area contributed by atoms with Crippen LogP contribution in [0.4, 0.5) is 0 Å². The van der Waals surface area contributed by atoms with E-state index in [0.717, 1.165) is 38.0 Å². The summed E-state index contributed by atoms with van der Waals surface area (Å²) < 4.78 is 5.22. The topological polar surface area (TPSA) is 101 Å². The first-order valence-corrected chi connectivity index (χ1v) is 8.33. The molecule has 1 aliphatic heterocycles. The van der Waals surface area contributed by atoms with Gasteiger partial charge in [-0.15, -0.1) is 0 Å². The van der Waals surface area contributed by atoms with E-state index >= 15 is 0 Å². The molecule has 2 aliphatic rings. The third-order valence-electron chi connectivity index (χ3n) is 4.79. The summed E-state index contributed by atoms with van der Waals surface area (Å²) in [7, 11) is 0. The predicted molar refractivity (Wildman–Crippen MR) is 83.8 cm³/mol. The summed E-state index contributed by atoms with van der Waals surface area (Å²) in [5, 5.41) is 6.85. The number of likely N-dealkylation sites (tertiary alicyclic amines) is 1. The van der Waals surface area contributed by atoms with E-state index in [4.69, 9.17) is 10.3 Å². The molecule has 2 atom stereocenters. The Morgan fingerprint density at radius 2 is 2.26 bits per heavy atom. The van der Waals surface area contributed by atoms with Crippen molar-refractivity contribution in [2.75, 3.05) is 19.6 Å². The highest BCUT2D eigenvalue weighted by molar-refractivity contribution is 5.92. The molecule has 1 saturated heterocycles. The Balaban J connectivity index is 1.55. The van der Waals surface area contributed by atoms with Crippen LogP contribution in [0, 0.1) is 5.92 Å². The second kappa shape index (κ2) is 6.70. The summed E-state index contributed by atoms with van der Waals surface area (Å²) in [6.45, 7) is 3.40. The molecular weight excluding hydrogens is 296 g/mol. The molecule has 2 unspecified atom stereocenters. The zero-order valence-electron chi connectivity index (χ0n) is 13.5. The highest BCUT2D eigenvalue weighted by atomic mass is 16.5. The van der Waals surface area contributed by atoms with Gasteiger partial charge in [0.05, 0.1) is 6.54 Å². The minimum Gasteiger partial charge on any atom is -0.360 e. The van der Waals surface area contributed by atoms with Gasteiger partial charge in [-0.2, -0.15) is 0 Å². The molecule has 1 aliphatic carbocycles. The minimum atomic E-state index is -0.213. The van der Waals surface area contributed by atoms with Crippen molar-refractivity contribution in [2.24, 2.45) is 11.7 Å². The Kier molecular flexibility index (Phi) is 4.66. The molecule has 0 bridgehead atoms. The van der Waals surface area contributed by atoms with Crippen molar-refractivity contribution in [1.29, 1.82) is 0 Å². The summed E-state index contributed by atoms with van der Waals surface area (Å²) in [6.07, 6.45) is 4.15. The summed E-state index contributed by atoms with van der Waals surface area (Å²) in [6, 6.07) is 1.71. The monoisotopic (exact) mass is 320 g/mol. The molecule has 126 valence electrons. The third-order valence-corrected chi connectivity index (χ3v) is 4.79. The summed E-state index contributed by atoms with van der Waals surface area (Å²) in [5.74, 6) is 1.24. The molecule has 7 nitrogen and oxygen atoms in total. The first-order chi connectivity index (χ1) is 11.1. The lowest BCUT2D eigenvalue weighted by Gasteiger charge is -2.35. The molecule has 2 fully saturated rings. The van der Waals surface area contributed by atoms with Gasteiger partial charge in [-0.05, 0) is 38.5 Å². The number of piperidine rings is 1. The summed E-state index contributed by atoms with van der Waals surface area (Å²) in [4.78, 5) is 25.8. The maximum absolute atomic E-state index is 12.3. The van der Waals surface area contributed by atoms with Gasteiger partial charge in [-0.25, -0.2) is 0 Å². The molecule has 3 N–H and O–H groups in total. The molecule has 2 heterocycles. The predicted octanol–water partition coefficient (Wildman–Crippen LogP) is 0.868. The highest BCUT2D eigenvalue weighted by Gasteiger charge is 2.31. The first kappa shape index (κ1) is 16.0. The smallest absolute Gasteiger partial charge is 0.273 e. The van der Waals surface area contributed by atoms with Crippen molar-refractivity contribution < 1.29 is 14.1 Å². The maximum Gasteiger partial charge on any atom is 0.273 e. The molecule has 0 spiro atoms.